The van der Waals surface area contributed by atoms with Crippen molar-refractivity contribution in [2.75, 3.05) is 5.32 Å². The quantitative estimate of drug-likeness (QED) is 0.861. The molecule has 2 rings (SSSR count). The first-order valence-corrected chi connectivity index (χ1v) is 5.57. The molecule has 0 bridgehead atoms. The summed E-state index contributed by atoms with van der Waals surface area (Å²) < 4.78 is 62.7. The van der Waals surface area contributed by atoms with Gasteiger partial charge >= 0.3 is 6.18 Å². The number of anilines is 1. The van der Waals surface area contributed by atoms with E-state index >= 15 is 0 Å². The third kappa shape index (κ3) is 3.53. The number of benzene rings is 1. The van der Waals surface area contributed by atoms with Crippen LogP contribution in [0.3, 0.4) is 0 Å². The maximum Gasteiger partial charge on any atom is 0.417 e. The van der Waals surface area contributed by atoms with Crippen molar-refractivity contribution in [2.24, 2.45) is 0 Å². The summed E-state index contributed by atoms with van der Waals surface area (Å²) in [4.78, 5) is 15.1. The van der Waals surface area contributed by atoms with Gasteiger partial charge in [-0.15, -0.1) is 0 Å². The highest BCUT2D eigenvalue weighted by Crippen LogP contribution is 2.28. The van der Waals surface area contributed by atoms with Crippen molar-refractivity contribution in [3.63, 3.8) is 0 Å². The lowest BCUT2D eigenvalue weighted by atomic mass is 10.2. The lowest BCUT2D eigenvalue weighted by Gasteiger charge is -2.08. The lowest BCUT2D eigenvalue weighted by molar-refractivity contribution is -0.137. The Bertz CT molecular complexity index is 667. The standard InChI is InChI=1S/C13H7F5N2O/c14-9-3-1-7(5-10(9)15)12(21)20-11-4-2-8(6-19-11)13(16,17)18/h1-6H,(H,19,20,21). The van der Waals surface area contributed by atoms with Gasteiger partial charge in [-0.25, -0.2) is 13.8 Å². The molecule has 0 fully saturated rings. The molecule has 8 heteroatoms. The second kappa shape index (κ2) is 5.47. The van der Waals surface area contributed by atoms with Gasteiger partial charge in [0.1, 0.15) is 5.82 Å². The largest absolute Gasteiger partial charge is 0.417 e. The zero-order chi connectivity index (χ0) is 15.6. The molecule has 0 atom stereocenters. The highest BCUT2D eigenvalue weighted by atomic mass is 19.4. The molecule has 1 N–H and O–H groups in total. The minimum atomic E-state index is -4.53. The van der Waals surface area contributed by atoms with Crippen molar-refractivity contribution in [2.45, 2.75) is 6.18 Å². The molecule has 1 aromatic carbocycles. The van der Waals surface area contributed by atoms with Crippen molar-refractivity contribution in [1.82, 2.24) is 4.98 Å². The van der Waals surface area contributed by atoms with Gasteiger partial charge in [0.15, 0.2) is 11.6 Å². The van der Waals surface area contributed by atoms with Gasteiger partial charge in [0, 0.05) is 11.8 Å². The number of carbonyl (C=O) groups is 1. The Kier molecular flexibility index (Phi) is 3.88. The van der Waals surface area contributed by atoms with E-state index in [4.69, 9.17) is 0 Å². The Morgan fingerprint density at radius 2 is 1.76 bits per heavy atom. The first-order chi connectivity index (χ1) is 9.77. The van der Waals surface area contributed by atoms with Gasteiger partial charge in [0.25, 0.3) is 5.91 Å². The number of aromatic nitrogens is 1. The van der Waals surface area contributed by atoms with E-state index in [2.05, 4.69) is 10.3 Å². The van der Waals surface area contributed by atoms with E-state index in [9.17, 15) is 26.7 Å². The Labute approximate surface area is 115 Å². The van der Waals surface area contributed by atoms with E-state index < -0.39 is 29.3 Å². The normalized spacial score (nSPS) is 11.3. The third-order valence-corrected chi connectivity index (χ3v) is 2.51. The van der Waals surface area contributed by atoms with Crippen molar-refractivity contribution in [3.05, 3.63) is 59.3 Å². The molecule has 0 radical (unpaired) electrons. The number of carbonyl (C=O) groups excluding carboxylic acids is 1. The third-order valence-electron chi connectivity index (χ3n) is 2.51. The smallest absolute Gasteiger partial charge is 0.307 e. The van der Waals surface area contributed by atoms with Crippen molar-refractivity contribution in [3.8, 4) is 0 Å². The summed E-state index contributed by atoms with van der Waals surface area (Å²) >= 11 is 0. The molecule has 0 aliphatic carbocycles. The predicted molar refractivity (Wildman–Crippen MR) is 63.6 cm³/mol. The number of hydrogen-bond donors (Lipinski definition) is 1. The number of hydrogen-bond acceptors (Lipinski definition) is 2. The molecule has 1 heterocycles. The monoisotopic (exact) mass is 302 g/mol. The van der Waals surface area contributed by atoms with Gasteiger partial charge in [-0.2, -0.15) is 13.2 Å². The van der Waals surface area contributed by atoms with Gasteiger partial charge in [-0.3, -0.25) is 4.79 Å². The summed E-state index contributed by atoms with van der Waals surface area (Å²) in [6.45, 7) is 0. The Balaban J connectivity index is 2.14. The first kappa shape index (κ1) is 14.9. The molecule has 110 valence electrons. The molecule has 1 amide bonds. The molecular weight excluding hydrogens is 295 g/mol. The average molecular weight is 302 g/mol. The van der Waals surface area contributed by atoms with Crippen LogP contribution < -0.4 is 5.32 Å². The van der Waals surface area contributed by atoms with E-state index in [0.717, 1.165) is 24.3 Å². The molecule has 21 heavy (non-hydrogen) atoms. The summed E-state index contributed by atoms with van der Waals surface area (Å²) in [7, 11) is 0. The zero-order valence-corrected chi connectivity index (χ0v) is 10.2. The van der Waals surface area contributed by atoms with Crippen LogP contribution in [0, 0.1) is 11.6 Å². The number of rotatable bonds is 2. The maximum absolute atomic E-state index is 13.0. The number of pyridine rings is 1. The fourth-order valence-electron chi connectivity index (χ4n) is 1.46. The van der Waals surface area contributed by atoms with Gasteiger partial charge in [-0.05, 0) is 30.3 Å². The number of amides is 1. The average Bonchev–Trinajstić information content (AvgIpc) is 2.41. The first-order valence-electron chi connectivity index (χ1n) is 5.57. The molecule has 0 aliphatic rings. The van der Waals surface area contributed by atoms with E-state index in [1.807, 2.05) is 0 Å². The zero-order valence-electron chi connectivity index (χ0n) is 10.2. The highest BCUT2D eigenvalue weighted by Gasteiger charge is 2.30. The molecule has 0 saturated heterocycles. The van der Waals surface area contributed by atoms with Crippen molar-refractivity contribution < 1.29 is 26.7 Å². The van der Waals surface area contributed by atoms with Crippen molar-refractivity contribution in [1.29, 1.82) is 0 Å². The van der Waals surface area contributed by atoms with Crippen LogP contribution in [0.2, 0.25) is 0 Å². The van der Waals surface area contributed by atoms with Crippen LogP contribution in [0.25, 0.3) is 0 Å². The fourth-order valence-corrected chi connectivity index (χ4v) is 1.46. The number of nitrogens with zero attached hydrogens (tertiary/aromatic N) is 1. The summed E-state index contributed by atoms with van der Waals surface area (Å²) in [5.41, 5.74) is -1.15. The van der Waals surface area contributed by atoms with Crippen LogP contribution in [0.15, 0.2) is 36.5 Å². The Morgan fingerprint density at radius 3 is 2.29 bits per heavy atom. The molecule has 0 spiro atoms. The molecule has 0 aliphatic heterocycles. The van der Waals surface area contributed by atoms with Crippen LogP contribution in [0.1, 0.15) is 15.9 Å². The molecule has 1 aromatic heterocycles. The lowest BCUT2D eigenvalue weighted by Crippen LogP contribution is -2.14. The van der Waals surface area contributed by atoms with Crippen LogP contribution >= 0.6 is 0 Å². The van der Waals surface area contributed by atoms with Crippen LogP contribution in [0.4, 0.5) is 27.8 Å². The summed E-state index contributed by atoms with van der Waals surface area (Å²) in [5, 5.41) is 2.18. The van der Waals surface area contributed by atoms with Crippen LogP contribution in [-0.2, 0) is 6.18 Å². The van der Waals surface area contributed by atoms with Crippen LogP contribution in [0.5, 0.6) is 0 Å². The maximum atomic E-state index is 13.0. The minimum Gasteiger partial charge on any atom is -0.307 e. The van der Waals surface area contributed by atoms with E-state index in [1.54, 1.807) is 0 Å². The molecule has 2 aromatic rings. The second-order valence-corrected chi connectivity index (χ2v) is 4.01. The topological polar surface area (TPSA) is 42.0 Å². The van der Waals surface area contributed by atoms with Crippen LogP contribution in [-0.4, -0.2) is 10.9 Å². The number of nitrogens with one attached hydrogen (secondary N) is 1. The molecule has 0 unspecified atom stereocenters. The van der Waals surface area contributed by atoms with E-state index in [-0.39, 0.29) is 11.4 Å². The highest BCUT2D eigenvalue weighted by molar-refractivity contribution is 6.03. The Morgan fingerprint density at radius 1 is 1.05 bits per heavy atom. The SMILES string of the molecule is O=C(Nc1ccc(C(F)(F)F)cn1)c1ccc(F)c(F)c1. The number of alkyl halides is 3. The fraction of sp³-hybridized carbons (Fsp3) is 0.0769. The van der Waals surface area contributed by atoms with Crippen molar-refractivity contribution >= 4 is 11.7 Å². The number of halogens is 5. The van der Waals surface area contributed by atoms with Gasteiger partial charge in [0.2, 0.25) is 0 Å². The van der Waals surface area contributed by atoms with Gasteiger partial charge in [-0.1, -0.05) is 0 Å². The van der Waals surface area contributed by atoms with E-state index in [0.29, 0.717) is 12.3 Å². The van der Waals surface area contributed by atoms with Gasteiger partial charge < -0.3 is 5.32 Å². The van der Waals surface area contributed by atoms with E-state index in [1.165, 1.54) is 0 Å². The summed E-state index contributed by atoms with van der Waals surface area (Å²) in [6, 6.07) is 4.19. The predicted octanol–water partition coefficient (Wildman–Crippen LogP) is 3.63. The Hall–Kier alpha value is -2.51. The second-order valence-electron chi connectivity index (χ2n) is 4.01. The van der Waals surface area contributed by atoms with Gasteiger partial charge in [0.05, 0.1) is 5.56 Å². The molecule has 0 saturated carbocycles. The molecular formula is C13H7F5N2O. The molecule has 3 nitrogen and oxygen atoms in total. The summed E-state index contributed by atoms with van der Waals surface area (Å²) in [5.74, 6) is -3.28. The minimum absolute atomic E-state index is 0.141. The summed E-state index contributed by atoms with van der Waals surface area (Å²) in [6.07, 6.45) is -3.98.